The van der Waals surface area contributed by atoms with Crippen molar-refractivity contribution in [3.63, 3.8) is 0 Å². The van der Waals surface area contributed by atoms with Crippen LogP contribution in [0.1, 0.15) is 175 Å². The van der Waals surface area contributed by atoms with Crippen LogP contribution in [0.2, 0.25) is 0 Å². The number of rotatable bonds is 42. The summed E-state index contributed by atoms with van der Waals surface area (Å²) in [5.41, 5.74) is 0. The molecular formula is C45H82O14P2. The van der Waals surface area contributed by atoms with Crippen molar-refractivity contribution >= 4 is 27.6 Å². The van der Waals surface area contributed by atoms with Crippen molar-refractivity contribution in [2.45, 2.75) is 193 Å². The molecule has 0 spiro atoms. The van der Waals surface area contributed by atoms with Gasteiger partial charge in [0.15, 0.2) is 6.10 Å². The van der Waals surface area contributed by atoms with E-state index in [-0.39, 0.29) is 12.8 Å². The molecule has 356 valence electrons. The molecule has 0 aromatic heterocycles. The fourth-order valence-corrected chi connectivity index (χ4v) is 7.14. The molecule has 0 saturated carbocycles. The summed E-state index contributed by atoms with van der Waals surface area (Å²) in [6, 6.07) is 0. The average Bonchev–Trinajstić information content (AvgIpc) is 3.20. The van der Waals surface area contributed by atoms with Crippen molar-refractivity contribution < 1.29 is 66.7 Å². The van der Waals surface area contributed by atoms with E-state index in [1.54, 1.807) is 6.08 Å². The molecule has 0 aliphatic carbocycles. The number of ether oxygens (including phenoxy) is 2. The zero-order valence-electron chi connectivity index (χ0n) is 37.5. The van der Waals surface area contributed by atoms with Crippen LogP contribution in [0, 0.1) is 5.92 Å². The molecule has 0 aliphatic heterocycles. The van der Waals surface area contributed by atoms with Crippen molar-refractivity contribution in [3.05, 3.63) is 48.6 Å². The van der Waals surface area contributed by atoms with Gasteiger partial charge in [0, 0.05) is 12.8 Å². The van der Waals surface area contributed by atoms with Crippen molar-refractivity contribution in [3.8, 4) is 0 Å². The van der Waals surface area contributed by atoms with Crippen LogP contribution in [-0.4, -0.2) is 81.6 Å². The van der Waals surface area contributed by atoms with Gasteiger partial charge in [-0.1, -0.05) is 172 Å². The number of hydrogen-bond donors (Lipinski definition) is 5. The quantitative estimate of drug-likeness (QED) is 0.0127. The van der Waals surface area contributed by atoms with E-state index in [0.717, 1.165) is 63.7 Å². The number of carbonyl (C=O) groups is 2. The Balaban J connectivity index is 4.62. The first kappa shape index (κ1) is 59.0. The second-order valence-corrected chi connectivity index (χ2v) is 18.7. The second-order valence-electron chi connectivity index (χ2n) is 16.0. The number of phosphoric acid groups is 2. The number of aliphatic hydroxyl groups excluding tert-OH is 2. The molecule has 0 aromatic carbocycles. The molecule has 0 heterocycles. The summed E-state index contributed by atoms with van der Waals surface area (Å²) in [6.45, 7) is 3.89. The molecule has 0 saturated heterocycles. The SMILES string of the molecule is CCCCC[C@H](O)/C=C/C=C\C/C=C\C/C=C\CCCC(=O)O[C@H](COC(=O)CCCCCCCCCCCCCCCC(C)C)COP(=O)(O)OC[C@@H](O)COP(=O)(O)O. The lowest BCUT2D eigenvalue weighted by molar-refractivity contribution is -0.161. The molecule has 0 bridgehead atoms. The Morgan fingerprint density at radius 2 is 1.10 bits per heavy atom. The molecule has 0 rings (SSSR count). The van der Waals surface area contributed by atoms with Gasteiger partial charge in [0.05, 0.1) is 25.9 Å². The minimum absolute atomic E-state index is 0.0356. The Morgan fingerprint density at radius 3 is 1.70 bits per heavy atom. The van der Waals surface area contributed by atoms with Gasteiger partial charge in [0.2, 0.25) is 0 Å². The first-order valence-corrected chi connectivity index (χ1v) is 25.8. The topological polar surface area (TPSA) is 216 Å². The van der Waals surface area contributed by atoms with E-state index >= 15 is 0 Å². The number of phosphoric ester groups is 2. The smallest absolute Gasteiger partial charge is 0.462 e. The number of hydrogen-bond acceptors (Lipinski definition) is 11. The number of esters is 2. The molecule has 0 radical (unpaired) electrons. The Morgan fingerprint density at radius 1 is 0.574 bits per heavy atom. The summed E-state index contributed by atoms with van der Waals surface area (Å²) in [7, 11) is -9.71. The van der Waals surface area contributed by atoms with Crippen molar-refractivity contribution in [1.29, 1.82) is 0 Å². The Bertz CT molecular complexity index is 1300. The average molecular weight is 909 g/mol. The third-order valence-corrected chi connectivity index (χ3v) is 10.9. The van der Waals surface area contributed by atoms with Gasteiger partial charge in [-0.25, -0.2) is 9.13 Å². The highest BCUT2D eigenvalue weighted by atomic mass is 31.2. The summed E-state index contributed by atoms with van der Waals surface area (Å²) in [6.07, 6.45) is 35.8. The van der Waals surface area contributed by atoms with Gasteiger partial charge in [-0.05, 0) is 44.4 Å². The molecule has 4 atom stereocenters. The molecule has 0 aliphatic rings. The number of allylic oxidation sites excluding steroid dienone is 7. The van der Waals surface area contributed by atoms with Crippen LogP contribution in [0.5, 0.6) is 0 Å². The van der Waals surface area contributed by atoms with Gasteiger partial charge in [-0.15, -0.1) is 0 Å². The first-order valence-electron chi connectivity index (χ1n) is 22.8. The van der Waals surface area contributed by atoms with Crippen LogP contribution >= 0.6 is 15.6 Å². The summed E-state index contributed by atoms with van der Waals surface area (Å²) < 4.78 is 47.7. The predicted molar refractivity (Wildman–Crippen MR) is 240 cm³/mol. The molecular weight excluding hydrogens is 826 g/mol. The molecule has 61 heavy (non-hydrogen) atoms. The van der Waals surface area contributed by atoms with Gasteiger partial charge < -0.3 is 34.4 Å². The monoisotopic (exact) mass is 909 g/mol. The lowest BCUT2D eigenvalue weighted by atomic mass is 10.0. The fraction of sp³-hybridized carbons (Fsp3) is 0.778. The molecule has 16 heteroatoms. The largest absolute Gasteiger partial charge is 0.472 e. The zero-order chi connectivity index (χ0) is 45.5. The Labute approximate surface area is 367 Å². The Kier molecular flexibility index (Phi) is 38.3. The van der Waals surface area contributed by atoms with Gasteiger partial charge >= 0.3 is 27.6 Å². The molecule has 0 amide bonds. The van der Waals surface area contributed by atoms with E-state index in [4.69, 9.17) is 23.8 Å². The van der Waals surface area contributed by atoms with Gasteiger partial charge in [0.25, 0.3) is 0 Å². The van der Waals surface area contributed by atoms with E-state index in [0.29, 0.717) is 19.3 Å². The normalized spacial score (nSPS) is 15.0. The lowest BCUT2D eigenvalue weighted by Crippen LogP contribution is -2.29. The minimum Gasteiger partial charge on any atom is -0.462 e. The van der Waals surface area contributed by atoms with Crippen LogP contribution in [-0.2, 0) is 41.8 Å². The molecule has 1 unspecified atom stereocenters. The van der Waals surface area contributed by atoms with E-state index in [1.165, 1.54) is 64.2 Å². The van der Waals surface area contributed by atoms with Crippen LogP contribution < -0.4 is 0 Å². The van der Waals surface area contributed by atoms with Crippen LogP contribution in [0.4, 0.5) is 0 Å². The molecule has 0 aromatic rings. The maximum Gasteiger partial charge on any atom is 0.472 e. The van der Waals surface area contributed by atoms with Gasteiger partial charge in [-0.3, -0.25) is 23.2 Å². The summed E-state index contributed by atoms with van der Waals surface area (Å²) >= 11 is 0. The van der Waals surface area contributed by atoms with Crippen LogP contribution in [0.15, 0.2) is 48.6 Å². The maximum absolute atomic E-state index is 12.7. The number of unbranched alkanes of at least 4 members (excludes halogenated alkanes) is 15. The summed E-state index contributed by atoms with van der Waals surface area (Å²) in [5, 5.41) is 19.7. The van der Waals surface area contributed by atoms with E-state index in [1.807, 2.05) is 42.5 Å². The standard InChI is InChI=1S/C45H82O14P2/c1-4-5-26-32-41(46)33-28-23-19-15-11-9-13-17-21-25-30-35-45(49)59-43(39-58-61(53,54)57-37-42(47)36-56-60(50,51)52)38-55-44(48)34-29-24-20-16-12-8-6-7-10-14-18-22-27-31-40(2)3/h9,11,17,19,21,23,28,33,40-43,46-47H,4-8,10,12-16,18,20,22,24-27,29-32,34-39H2,1-3H3,(H,53,54)(H2,50,51,52)/b11-9-,21-17-,23-19-,33-28+/t41-,42-,43+/m0/s1. The van der Waals surface area contributed by atoms with Crippen molar-refractivity contribution in [2.75, 3.05) is 26.4 Å². The van der Waals surface area contributed by atoms with Crippen molar-refractivity contribution in [1.82, 2.24) is 0 Å². The van der Waals surface area contributed by atoms with Gasteiger partial charge in [-0.2, -0.15) is 0 Å². The summed E-state index contributed by atoms with van der Waals surface area (Å²) in [4.78, 5) is 52.7. The second kappa shape index (κ2) is 39.6. The van der Waals surface area contributed by atoms with E-state index in [9.17, 15) is 33.8 Å². The van der Waals surface area contributed by atoms with Crippen LogP contribution in [0.3, 0.4) is 0 Å². The third kappa shape index (κ3) is 44.4. The highest BCUT2D eigenvalue weighted by molar-refractivity contribution is 7.47. The minimum atomic E-state index is -4.88. The van der Waals surface area contributed by atoms with E-state index < -0.39 is 72.3 Å². The lowest BCUT2D eigenvalue weighted by Gasteiger charge is -2.20. The maximum atomic E-state index is 12.7. The molecule has 5 N–H and O–H groups in total. The Hall–Kier alpha value is -1.96. The number of aliphatic hydroxyl groups is 2. The third-order valence-electron chi connectivity index (χ3n) is 9.49. The zero-order valence-corrected chi connectivity index (χ0v) is 39.3. The highest BCUT2D eigenvalue weighted by Crippen LogP contribution is 2.43. The summed E-state index contributed by atoms with van der Waals surface area (Å²) in [5.74, 6) is -0.322. The number of carbonyl (C=O) groups excluding carboxylic acids is 2. The first-order chi connectivity index (χ1) is 29.1. The van der Waals surface area contributed by atoms with Crippen LogP contribution in [0.25, 0.3) is 0 Å². The predicted octanol–water partition coefficient (Wildman–Crippen LogP) is 10.7. The molecule has 0 fully saturated rings. The fourth-order valence-electron chi connectivity index (χ4n) is 5.99. The van der Waals surface area contributed by atoms with E-state index in [2.05, 4.69) is 29.8 Å². The van der Waals surface area contributed by atoms with Gasteiger partial charge in [0.1, 0.15) is 12.7 Å². The molecule has 14 nitrogen and oxygen atoms in total. The van der Waals surface area contributed by atoms with Crippen molar-refractivity contribution in [2.24, 2.45) is 5.92 Å². The highest BCUT2D eigenvalue weighted by Gasteiger charge is 2.28.